The summed E-state index contributed by atoms with van der Waals surface area (Å²) in [6.07, 6.45) is 4.88. The van der Waals surface area contributed by atoms with Crippen LogP contribution in [0.4, 0.5) is 11.6 Å². The maximum absolute atomic E-state index is 4.49. The van der Waals surface area contributed by atoms with Gasteiger partial charge in [0.15, 0.2) is 0 Å². The molecule has 0 aliphatic carbocycles. The molecule has 0 atom stereocenters. The summed E-state index contributed by atoms with van der Waals surface area (Å²) in [4.78, 5) is 8.90. The van der Waals surface area contributed by atoms with Gasteiger partial charge in [-0.25, -0.2) is 9.97 Å². The molecule has 1 aromatic heterocycles. The van der Waals surface area contributed by atoms with E-state index >= 15 is 0 Å². The highest BCUT2D eigenvalue weighted by atomic mass is 15.1. The van der Waals surface area contributed by atoms with Crippen LogP contribution in [0.2, 0.25) is 0 Å². The molecule has 0 aliphatic rings. The number of nitrogens with zero attached hydrogens (tertiary/aromatic N) is 2. The number of rotatable bonds is 8. The molecular weight excluding hydrogens is 248 g/mol. The highest BCUT2D eigenvalue weighted by Gasteiger charge is 2.23. The maximum Gasteiger partial charge on any atom is 0.135 e. The Morgan fingerprint density at radius 2 is 1.70 bits per heavy atom. The number of anilines is 2. The van der Waals surface area contributed by atoms with Crippen LogP contribution < -0.4 is 10.6 Å². The average molecular weight is 278 g/mol. The molecule has 1 heterocycles. The predicted octanol–water partition coefficient (Wildman–Crippen LogP) is 4.41. The molecule has 0 aromatic carbocycles. The van der Waals surface area contributed by atoms with Gasteiger partial charge in [0.1, 0.15) is 18.0 Å². The zero-order valence-corrected chi connectivity index (χ0v) is 13.9. The van der Waals surface area contributed by atoms with Gasteiger partial charge in [0.2, 0.25) is 0 Å². The SMILES string of the molecule is CCCNc1ncnc(NC(C)(CC)CC)c1C(C)C. The lowest BCUT2D eigenvalue weighted by Crippen LogP contribution is -2.34. The van der Waals surface area contributed by atoms with Crippen LogP contribution in [-0.4, -0.2) is 22.1 Å². The molecule has 20 heavy (non-hydrogen) atoms. The average Bonchev–Trinajstić information content (AvgIpc) is 2.44. The van der Waals surface area contributed by atoms with Crippen LogP contribution in [-0.2, 0) is 0 Å². The van der Waals surface area contributed by atoms with Crippen molar-refractivity contribution >= 4 is 11.6 Å². The molecule has 0 saturated heterocycles. The first kappa shape index (κ1) is 16.7. The zero-order chi connectivity index (χ0) is 15.2. The minimum atomic E-state index is 0.0834. The Balaban J connectivity index is 3.12. The van der Waals surface area contributed by atoms with Gasteiger partial charge in [0, 0.05) is 17.6 Å². The van der Waals surface area contributed by atoms with E-state index in [0.29, 0.717) is 5.92 Å². The fourth-order valence-electron chi connectivity index (χ4n) is 2.14. The number of hydrogen-bond acceptors (Lipinski definition) is 4. The molecule has 0 radical (unpaired) electrons. The molecule has 0 amide bonds. The van der Waals surface area contributed by atoms with Crippen molar-refractivity contribution in [3.8, 4) is 0 Å². The maximum atomic E-state index is 4.49. The van der Waals surface area contributed by atoms with Gasteiger partial charge >= 0.3 is 0 Å². The molecule has 4 nitrogen and oxygen atoms in total. The third-order valence-electron chi connectivity index (χ3n) is 3.98. The lowest BCUT2D eigenvalue weighted by molar-refractivity contribution is 0.475. The van der Waals surface area contributed by atoms with E-state index in [-0.39, 0.29) is 5.54 Å². The summed E-state index contributed by atoms with van der Waals surface area (Å²) in [6, 6.07) is 0. The van der Waals surface area contributed by atoms with Gasteiger partial charge in [-0.2, -0.15) is 0 Å². The van der Waals surface area contributed by atoms with Gasteiger partial charge in [0.25, 0.3) is 0 Å². The Kier molecular flexibility index (Phi) is 6.24. The van der Waals surface area contributed by atoms with Crippen molar-refractivity contribution in [3.63, 3.8) is 0 Å². The molecule has 114 valence electrons. The molecule has 1 rings (SSSR count). The van der Waals surface area contributed by atoms with Crippen molar-refractivity contribution in [2.75, 3.05) is 17.2 Å². The van der Waals surface area contributed by atoms with Crippen molar-refractivity contribution in [2.24, 2.45) is 0 Å². The van der Waals surface area contributed by atoms with E-state index in [0.717, 1.165) is 37.4 Å². The Labute approximate surface area is 123 Å². The number of aromatic nitrogens is 2. The first-order chi connectivity index (χ1) is 9.47. The first-order valence-corrected chi connectivity index (χ1v) is 7.84. The second-order valence-electron chi connectivity index (χ2n) is 5.96. The molecule has 0 unspecified atom stereocenters. The molecular formula is C16H30N4. The molecule has 2 N–H and O–H groups in total. The summed E-state index contributed by atoms with van der Waals surface area (Å²) >= 11 is 0. The van der Waals surface area contributed by atoms with Crippen LogP contribution in [0.3, 0.4) is 0 Å². The molecule has 1 aromatic rings. The Bertz CT molecular complexity index is 411. The fourth-order valence-corrected chi connectivity index (χ4v) is 2.14. The first-order valence-electron chi connectivity index (χ1n) is 7.84. The highest BCUT2D eigenvalue weighted by Crippen LogP contribution is 2.31. The van der Waals surface area contributed by atoms with Gasteiger partial charge in [-0.15, -0.1) is 0 Å². The van der Waals surface area contributed by atoms with E-state index < -0.39 is 0 Å². The van der Waals surface area contributed by atoms with Crippen LogP contribution >= 0.6 is 0 Å². The second kappa shape index (κ2) is 7.46. The quantitative estimate of drug-likeness (QED) is 0.739. The predicted molar refractivity (Wildman–Crippen MR) is 87.5 cm³/mol. The summed E-state index contributed by atoms with van der Waals surface area (Å²) in [5.74, 6) is 2.32. The van der Waals surface area contributed by atoms with E-state index in [1.54, 1.807) is 6.33 Å². The lowest BCUT2D eigenvalue weighted by atomic mass is 9.94. The Hall–Kier alpha value is -1.32. The summed E-state index contributed by atoms with van der Waals surface area (Å²) in [6.45, 7) is 14.2. The standard InChI is InChI=1S/C16H30N4/c1-7-10-17-14-13(12(4)5)15(19-11-18-14)20-16(6,8-2)9-3/h11-12H,7-10H2,1-6H3,(H2,17,18,19,20). The summed E-state index contributed by atoms with van der Waals surface area (Å²) in [5.41, 5.74) is 1.27. The summed E-state index contributed by atoms with van der Waals surface area (Å²) in [7, 11) is 0. The van der Waals surface area contributed by atoms with E-state index in [2.05, 4.69) is 62.1 Å². The van der Waals surface area contributed by atoms with Crippen LogP contribution in [0, 0.1) is 0 Å². The zero-order valence-electron chi connectivity index (χ0n) is 13.9. The van der Waals surface area contributed by atoms with Crippen molar-refractivity contribution in [1.82, 2.24) is 9.97 Å². The lowest BCUT2D eigenvalue weighted by Gasteiger charge is -2.31. The van der Waals surface area contributed by atoms with Crippen LogP contribution in [0.25, 0.3) is 0 Å². The normalized spacial score (nSPS) is 11.8. The summed E-state index contributed by atoms with van der Waals surface area (Å²) in [5, 5.41) is 7.05. The molecule has 0 fully saturated rings. The smallest absolute Gasteiger partial charge is 0.135 e. The van der Waals surface area contributed by atoms with Gasteiger partial charge in [-0.1, -0.05) is 34.6 Å². The molecule has 0 aliphatic heterocycles. The third kappa shape index (κ3) is 4.09. The van der Waals surface area contributed by atoms with Crippen LogP contribution in [0.1, 0.15) is 72.3 Å². The molecule has 0 bridgehead atoms. The highest BCUT2D eigenvalue weighted by molar-refractivity contribution is 5.59. The van der Waals surface area contributed by atoms with Gasteiger partial charge in [-0.05, 0) is 32.1 Å². The molecule has 4 heteroatoms. The van der Waals surface area contributed by atoms with Crippen molar-refractivity contribution in [1.29, 1.82) is 0 Å². The van der Waals surface area contributed by atoms with Gasteiger partial charge < -0.3 is 10.6 Å². The molecule has 0 spiro atoms. The summed E-state index contributed by atoms with van der Waals surface area (Å²) < 4.78 is 0. The van der Waals surface area contributed by atoms with Crippen molar-refractivity contribution in [3.05, 3.63) is 11.9 Å². The van der Waals surface area contributed by atoms with Gasteiger partial charge in [0.05, 0.1) is 0 Å². The topological polar surface area (TPSA) is 49.8 Å². The van der Waals surface area contributed by atoms with E-state index in [9.17, 15) is 0 Å². The van der Waals surface area contributed by atoms with E-state index in [1.807, 2.05) is 0 Å². The monoisotopic (exact) mass is 278 g/mol. The third-order valence-corrected chi connectivity index (χ3v) is 3.98. The van der Waals surface area contributed by atoms with Crippen LogP contribution in [0.15, 0.2) is 6.33 Å². The number of hydrogen-bond donors (Lipinski definition) is 2. The second-order valence-corrected chi connectivity index (χ2v) is 5.96. The minimum Gasteiger partial charge on any atom is -0.370 e. The van der Waals surface area contributed by atoms with Crippen molar-refractivity contribution < 1.29 is 0 Å². The fraction of sp³-hybridized carbons (Fsp3) is 0.750. The largest absolute Gasteiger partial charge is 0.370 e. The van der Waals surface area contributed by atoms with Crippen LogP contribution in [0.5, 0.6) is 0 Å². The van der Waals surface area contributed by atoms with E-state index in [4.69, 9.17) is 0 Å². The Morgan fingerprint density at radius 3 is 2.20 bits per heavy atom. The van der Waals surface area contributed by atoms with E-state index in [1.165, 1.54) is 5.56 Å². The minimum absolute atomic E-state index is 0.0834. The Morgan fingerprint density at radius 1 is 1.10 bits per heavy atom. The number of nitrogens with one attached hydrogen (secondary N) is 2. The van der Waals surface area contributed by atoms with Gasteiger partial charge in [-0.3, -0.25) is 0 Å². The molecule has 0 saturated carbocycles. The van der Waals surface area contributed by atoms with Crippen molar-refractivity contribution in [2.45, 2.75) is 72.3 Å².